The molecule has 0 saturated heterocycles. The molecule has 0 radical (unpaired) electrons. The summed E-state index contributed by atoms with van der Waals surface area (Å²) < 4.78 is 9.26. The summed E-state index contributed by atoms with van der Waals surface area (Å²) in [6.45, 7) is -0.143. The quantitative estimate of drug-likeness (QED) is 0.618. The summed E-state index contributed by atoms with van der Waals surface area (Å²) in [5.41, 5.74) is 0. The van der Waals surface area contributed by atoms with Gasteiger partial charge in [-0.05, 0) is 5.16 Å². The molecular weight excluding hydrogens is 122 g/mol. The lowest BCUT2D eigenvalue weighted by atomic mass is 10.5. The molecule has 0 amide bonds. The van der Waals surface area contributed by atoms with Crippen LogP contribution in [0.3, 0.4) is 0 Å². The van der Waals surface area contributed by atoms with Crippen molar-refractivity contribution in [2.45, 2.75) is 6.61 Å². The van der Waals surface area contributed by atoms with Gasteiger partial charge in [0.25, 0.3) is 5.88 Å². The third-order valence-corrected chi connectivity index (χ3v) is 0.902. The van der Waals surface area contributed by atoms with Crippen molar-refractivity contribution >= 4 is 0 Å². The lowest BCUT2D eigenvalue weighted by Gasteiger charge is -1.83. The number of hydrogen-bond acceptors (Lipinski definition) is 4. The first-order valence-electron chi connectivity index (χ1n) is 2.47. The van der Waals surface area contributed by atoms with E-state index in [0.29, 0.717) is 11.6 Å². The summed E-state index contributed by atoms with van der Waals surface area (Å²) in [6, 6.07) is 1.53. The zero-order valence-corrected chi connectivity index (χ0v) is 5.00. The van der Waals surface area contributed by atoms with Gasteiger partial charge in [0.1, 0.15) is 6.61 Å². The van der Waals surface area contributed by atoms with E-state index in [1.165, 1.54) is 13.2 Å². The molecule has 0 aliphatic rings. The Morgan fingerprint density at radius 2 is 2.67 bits per heavy atom. The summed E-state index contributed by atoms with van der Waals surface area (Å²) in [6.07, 6.45) is 0. The molecule has 0 aliphatic heterocycles. The summed E-state index contributed by atoms with van der Waals surface area (Å²) in [7, 11) is 1.49. The van der Waals surface area contributed by atoms with E-state index in [0.717, 1.165) is 0 Å². The normalized spacial score (nSPS) is 9.56. The average molecular weight is 129 g/mol. The number of aliphatic hydroxyl groups excluding tert-OH is 1. The van der Waals surface area contributed by atoms with Gasteiger partial charge in [-0.2, -0.15) is 0 Å². The van der Waals surface area contributed by atoms with E-state index in [9.17, 15) is 0 Å². The standard InChI is InChI=1S/C5H7NO3/c1-8-5-2-4(3-7)9-6-5/h2,7H,3H2,1H3. The third-order valence-electron chi connectivity index (χ3n) is 0.902. The topological polar surface area (TPSA) is 55.5 Å². The fraction of sp³-hybridized carbons (Fsp3) is 0.400. The Morgan fingerprint density at radius 1 is 1.89 bits per heavy atom. The highest BCUT2D eigenvalue weighted by atomic mass is 16.5. The molecule has 1 aromatic rings. The van der Waals surface area contributed by atoms with Crippen molar-refractivity contribution in [2.75, 3.05) is 7.11 Å². The number of rotatable bonds is 2. The first-order chi connectivity index (χ1) is 4.36. The van der Waals surface area contributed by atoms with Gasteiger partial charge in [-0.25, -0.2) is 0 Å². The smallest absolute Gasteiger partial charge is 0.254 e. The van der Waals surface area contributed by atoms with Crippen LogP contribution in [0.5, 0.6) is 5.88 Å². The summed E-state index contributed by atoms with van der Waals surface area (Å²) in [5.74, 6) is 0.797. The van der Waals surface area contributed by atoms with Gasteiger partial charge in [0.2, 0.25) is 0 Å². The summed E-state index contributed by atoms with van der Waals surface area (Å²) in [4.78, 5) is 0. The van der Waals surface area contributed by atoms with Crippen LogP contribution < -0.4 is 4.74 Å². The van der Waals surface area contributed by atoms with Crippen LogP contribution in [-0.4, -0.2) is 17.4 Å². The first-order valence-corrected chi connectivity index (χ1v) is 2.47. The van der Waals surface area contributed by atoms with Crippen LogP contribution in [-0.2, 0) is 6.61 Å². The lowest BCUT2D eigenvalue weighted by molar-refractivity contribution is 0.226. The molecule has 1 rings (SSSR count). The molecule has 1 heterocycles. The van der Waals surface area contributed by atoms with E-state index in [1.54, 1.807) is 0 Å². The van der Waals surface area contributed by atoms with Crippen molar-refractivity contribution in [3.8, 4) is 5.88 Å². The first kappa shape index (κ1) is 6.10. The highest BCUT2D eigenvalue weighted by Gasteiger charge is 1.99. The fourth-order valence-electron chi connectivity index (χ4n) is 0.465. The predicted octanol–water partition coefficient (Wildman–Crippen LogP) is 0.175. The van der Waals surface area contributed by atoms with Crippen molar-refractivity contribution in [1.82, 2.24) is 5.16 Å². The fourth-order valence-corrected chi connectivity index (χ4v) is 0.465. The Hall–Kier alpha value is -1.03. The molecule has 0 fully saturated rings. The molecule has 1 N–H and O–H groups in total. The van der Waals surface area contributed by atoms with Crippen LogP contribution in [0.15, 0.2) is 10.6 Å². The Kier molecular flexibility index (Phi) is 1.69. The molecule has 50 valence electrons. The van der Waals surface area contributed by atoms with Crippen molar-refractivity contribution in [3.05, 3.63) is 11.8 Å². The van der Waals surface area contributed by atoms with Crippen LogP contribution in [0.25, 0.3) is 0 Å². The minimum Gasteiger partial charge on any atom is -0.479 e. The van der Waals surface area contributed by atoms with Gasteiger partial charge in [0, 0.05) is 6.07 Å². The van der Waals surface area contributed by atoms with Gasteiger partial charge in [-0.15, -0.1) is 0 Å². The summed E-state index contributed by atoms with van der Waals surface area (Å²) in [5, 5.41) is 11.9. The van der Waals surface area contributed by atoms with E-state index in [2.05, 4.69) is 14.4 Å². The number of aromatic nitrogens is 1. The van der Waals surface area contributed by atoms with Crippen LogP contribution in [0.2, 0.25) is 0 Å². The predicted molar refractivity (Wildman–Crippen MR) is 29.0 cm³/mol. The van der Waals surface area contributed by atoms with E-state index < -0.39 is 0 Å². The van der Waals surface area contributed by atoms with Crippen molar-refractivity contribution in [3.63, 3.8) is 0 Å². The molecule has 0 unspecified atom stereocenters. The third kappa shape index (κ3) is 1.20. The van der Waals surface area contributed by atoms with E-state index in [-0.39, 0.29) is 6.61 Å². The van der Waals surface area contributed by atoms with Crippen molar-refractivity contribution in [2.24, 2.45) is 0 Å². The van der Waals surface area contributed by atoms with Crippen LogP contribution in [0.1, 0.15) is 5.76 Å². The Balaban J connectivity index is 2.74. The highest BCUT2D eigenvalue weighted by molar-refractivity contribution is 5.09. The Bertz CT molecular complexity index is 166. The molecule has 0 aliphatic carbocycles. The minimum atomic E-state index is -0.143. The molecule has 9 heavy (non-hydrogen) atoms. The van der Waals surface area contributed by atoms with Gasteiger partial charge >= 0.3 is 0 Å². The largest absolute Gasteiger partial charge is 0.479 e. The number of hydrogen-bond donors (Lipinski definition) is 1. The second-order valence-corrected chi connectivity index (χ2v) is 1.49. The maximum absolute atomic E-state index is 8.46. The van der Waals surface area contributed by atoms with Gasteiger partial charge in [-0.1, -0.05) is 0 Å². The maximum atomic E-state index is 8.46. The molecule has 0 spiro atoms. The van der Waals surface area contributed by atoms with E-state index in [1.807, 2.05) is 0 Å². The number of ether oxygens (including phenoxy) is 1. The SMILES string of the molecule is COc1cc(CO)on1. The zero-order chi connectivity index (χ0) is 6.69. The Morgan fingerprint density at radius 3 is 3.00 bits per heavy atom. The van der Waals surface area contributed by atoms with E-state index in [4.69, 9.17) is 5.11 Å². The molecule has 0 atom stereocenters. The average Bonchev–Trinajstić information content (AvgIpc) is 2.34. The summed E-state index contributed by atoms with van der Waals surface area (Å²) >= 11 is 0. The molecular formula is C5H7NO3. The van der Waals surface area contributed by atoms with Crippen molar-refractivity contribution < 1.29 is 14.4 Å². The molecule has 4 nitrogen and oxygen atoms in total. The number of aliphatic hydroxyl groups is 1. The number of methoxy groups -OCH3 is 1. The van der Waals surface area contributed by atoms with Crippen LogP contribution in [0.4, 0.5) is 0 Å². The van der Waals surface area contributed by atoms with Crippen LogP contribution in [0, 0.1) is 0 Å². The minimum absolute atomic E-state index is 0.143. The Labute approximate surface area is 52.0 Å². The van der Waals surface area contributed by atoms with Crippen LogP contribution >= 0.6 is 0 Å². The van der Waals surface area contributed by atoms with Crippen molar-refractivity contribution in [1.29, 1.82) is 0 Å². The molecule has 0 aromatic carbocycles. The molecule has 1 aromatic heterocycles. The second-order valence-electron chi connectivity index (χ2n) is 1.49. The van der Waals surface area contributed by atoms with Gasteiger partial charge in [0.15, 0.2) is 5.76 Å². The molecule has 4 heteroatoms. The second kappa shape index (κ2) is 2.50. The molecule has 0 saturated carbocycles. The van der Waals surface area contributed by atoms with Gasteiger partial charge in [-0.3, -0.25) is 0 Å². The number of nitrogens with zero attached hydrogens (tertiary/aromatic N) is 1. The van der Waals surface area contributed by atoms with Gasteiger partial charge in [0.05, 0.1) is 7.11 Å². The molecule has 0 bridgehead atoms. The zero-order valence-electron chi connectivity index (χ0n) is 5.00. The van der Waals surface area contributed by atoms with Gasteiger partial charge < -0.3 is 14.4 Å². The van der Waals surface area contributed by atoms with E-state index >= 15 is 0 Å². The maximum Gasteiger partial charge on any atom is 0.254 e. The lowest BCUT2D eigenvalue weighted by Crippen LogP contribution is -1.79. The highest BCUT2D eigenvalue weighted by Crippen LogP contribution is 2.09. The monoisotopic (exact) mass is 129 g/mol.